The molecule has 0 amide bonds. The molecule has 0 radical (unpaired) electrons. The van der Waals surface area contributed by atoms with E-state index in [2.05, 4.69) is 11.6 Å². The molecule has 5 rings (SSSR count). The summed E-state index contributed by atoms with van der Waals surface area (Å²) in [7, 11) is 0. The fourth-order valence-corrected chi connectivity index (χ4v) is 5.20. The van der Waals surface area contributed by atoms with Crippen molar-refractivity contribution in [3.8, 4) is 17.2 Å². The number of thiazole rings is 1. The molecule has 1 aromatic heterocycles. The van der Waals surface area contributed by atoms with Crippen LogP contribution in [0.5, 0.6) is 17.2 Å². The summed E-state index contributed by atoms with van der Waals surface area (Å²) < 4.78 is 23.9. The third kappa shape index (κ3) is 4.33. The molecule has 0 N–H and O–H groups in total. The average Bonchev–Trinajstić information content (AvgIpc) is 3.46. The topological polar surface area (TPSA) is 88.3 Å². The van der Waals surface area contributed by atoms with Crippen LogP contribution in [0.15, 0.2) is 76.2 Å². The Hall–Kier alpha value is -4.11. The second-order valence-corrected chi connectivity index (χ2v) is 9.09. The van der Waals surface area contributed by atoms with Gasteiger partial charge in [0.2, 0.25) is 6.79 Å². The van der Waals surface area contributed by atoms with Crippen LogP contribution in [0.4, 0.5) is 0 Å². The van der Waals surface area contributed by atoms with Crippen molar-refractivity contribution in [2.45, 2.75) is 19.9 Å². The predicted octanol–water partition coefficient (Wildman–Crippen LogP) is 3.09. The normalized spacial score (nSPS) is 16.4. The molecule has 0 aliphatic carbocycles. The van der Waals surface area contributed by atoms with Crippen LogP contribution in [0.2, 0.25) is 0 Å². The molecular formula is C27H24N2O6S. The first-order valence-corrected chi connectivity index (χ1v) is 12.2. The van der Waals surface area contributed by atoms with Crippen molar-refractivity contribution in [2.24, 2.45) is 4.99 Å². The predicted molar refractivity (Wildman–Crippen MR) is 135 cm³/mol. The Bertz CT molecular complexity index is 1550. The van der Waals surface area contributed by atoms with E-state index in [-0.39, 0.29) is 19.0 Å². The number of allylic oxidation sites excluding steroid dienone is 1. The van der Waals surface area contributed by atoms with Crippen molar-refractivity contribution in [1.82, 2.24) is 4.57 Å². The van der Waals surface area contributed by atoms with E-state index in [4.69, 9.17) is 18.9 Å². The summed E-state index contributed by atoms with van der Waals surface area (Å²) in [6.45, 7) is 7.89. The number of hydrogen-bond acceptors (Lipinski definition) is 8. The van der Waals surface area contributed by atoms with E-state index in [1.165, 1.54) is 11.3 Å². The van der Waals surface area contributed by atoms with Crippen LogP contribution in [-0.4, -0.2) is 30.5 Å². The van der Waals surface area contributed by atoms with Gasteiger partial charge in [0.15, 0.2) is 16.3 Å². The number of benzene rings is 2. The molecule has 0 fully saturated rings. The molecule has 3 aromatic rings. The van der Waals surface area contributed by atoms with Gasteiger partial charge < -0.3 is 18.9 Å². The molecular weight excluding hydrogens is 480 g/mol. The van der Waals surface area contributed by atoms with Gasteiger partial charge >= 0.3 is 5.97 Å². The largest absolute Gasteiger partial charge is 0.490 e. The van der Waals surface area contributed by atoms with Gasteiger partial charge in [0.25, 0.3) is 5.56 Å². The van der Waals surface area contributed by atoms with Crippen LogP contribution in [-0.2, 0) is 9.53 Å². The highest BCUT2D eigenvalue weighted by Crippen LogP contribution is 2.38. The van der Waals surface area contributed by atoms with Gasteiger partial charge in [0.1, 0.15) is 12.4 Å². The van der Waals surface area contributed by atoms with Crippen LogP contribution >= 0.6 is 11.3 Å². The van der Waals surface area contributed by atoms with E-state index >= 15 is 0 Å². The molecule has 8 nitrogen and oxygen atoms in total. The molecule has 36 heavy (non-hydrogen) atoms. The van der Waals surface area contributed by atoms with E-state index < -0.39 is 12.0 Å². The Kier molecular flexibility index (Phi) is 6.47. The maximum Gasteiger partial charge on any atom is 0.338 e. The zero-order valence-corrected chi connectivity index (χ0v) is 20.7. The van der Waals surface area contributed by atoms with Crippen molar-refractivity contribution >= 4 is 23.4 Å². The fourth-order valence-electron chi connectivity index (χ4n) is 4.16. The minimum Gasteiger partial charge on any atom is -0.490 e. The number of rotatable bonds is 7. The number of fused-ring (bicyclic) bond motifs is 2. The van der Waals surface area contributed by atoms with Gasteiger partial charge in [-0.2, -0.15) is 0 Å². The first-order chi connectivity index (χ1) is 17.5. The van der Waals surface area contributed by atoms with Gasteiger partial charge in [-0.3, -0.25) is 9.36 Å². The third-order valence-corrected chi connectivity index (χ3v) is 6.76. The Balaban J connectivity index is 1.63. The van der Waals surface area contributed by atoms with Crippen molar-refractivity contribution in [2.75, 3.05) is 20.0 Å². The lowest BCUT2D eigenvalue weighted by atomic mass is 9.95. The molecule has 3 heterocycles. The summed E-state index contributed by atoms with van der Waals surface area (Å²) in [4.78, 5) is 31.8. The Morgan fingerprint density at radius 3 is 2.75 bits per heavy atom. The van der Waals surface area contributed by atoms with Crippen LogP contribution in [0.1, 0.15) is 31.0 Å². The van der Waals surface area contributed by atoms with Gasteiger partial charge in [-0.25, -0.2) is 9.79 Å². The molecule has 184 valence electrons. The zero-order chi connectivity index (χ0) is 25.2. The van der Waals surface area contributed by atoms with Gasteiger partial charge in [-0.15, -0.1) is 0 Å². The SMILES string of the molecule is C=CCOc1ccc(/C=c2/sc3n(c2=O)[C@H](c2ccc4c(c2)OCO4)C(C(=O)OCC)=C(C)N=3)cc1. The molecule has 2 aliphatic rings. The zero-order valence-electron chi connectivity index (χ0n) is 19.9. The van der Waals surface area contributed by atoms with E-state index in [9.17, 15) is 9.59 Å². The molecule has 0 saturated carbocycles. The Morgan fingerprint density at radius 1 is 1.22 bits per heavy atom. The van der Waals surface area contributed by atoms with E-state index in [0.29, 0.717) is 50.0 Å². The molecule has 2 aliphatic heterocycles. The first-order valence-electron chi connectivity index (χ1n) is 11.4. The van der Waals surface area contributed by atoms with Crippen LogP contribution in [0.25, 0.3) is 6.08 Å². The lowest BCUT2D eigenvalue weighted by molar-refractivity contribution is -0.139. The Morgan fingerprint density at radius 2 is 2.00 bits per heavy atom. The second kappa shape index (κ2) is 9.87. The van der Waals surface area contributed by atoms with Crippen LogP contribution in [0.3, 0.4) is 0 Å². The molecule has 9 heteroatoms. The highest BCUT2D eigenvalue weighted by Gasteiger charge is 2.34. The summed E-state index contributed by atoms with van der Waals surface area (Å²) in [6, 6.07) is 12.1. The number of esters is 1. The summed E-state index contributed by atoms with van der Waals surface area (Å²) >= 11 is 1.27. The summed E-state index contributed by atoms with van der Waals surface area (Å²) in [6.07, 6.45) is 3.49. The maximum atomic E-state index is 13.7. The van der Waals surface area contributed by atoms with Gasteiger partial charge in [-0.05, 0) is 55.3 Å². The molecule has 0 saturated heterocycles. The Labute approximate surface area is 211 Å². The monoisotopic (exact) mass is 504 g/mol. The van der Waals surface area contributed by atoms with E-state index in [0.717, 1.165) is 5.56 Å². The van der Waals surface area contributed by atoms with Gasteiger partial charge in [0.05, 0.1) is 28.5 Å². The number of carbonyl (C=O) groups excluding carboxylic acids is 1. The third-order valence-electron chi connectivity index (χ3n) is 5.78. The smallest absolute Gasteiger partial charge is 0.338 e. The number of aromatic nitrogens is 1. The van der Waals surface area contributed by atoms with Crippen LogP contribution < -0.4 is 29.1 Å². The minimum absolute atomic E-state index is 0.124. The van der Waals surface area contributed by atoms with Crippen molar-refractivity contribution < 1.29 is 23.7 Å². The van der Waals surface area contributed by atoms with E-state index in [1.54, 1.807) is 42.7 Å². The second-order valence-electron chi connectivity index (χ2n) is 8.08. The lowest BCUT2D eigenvalue weighted by Gasteiger charge is -2.24. The van der Waals surface area contributed by atoms with Crippen molar-refractivity contribution in [1.29, 1.82) is 0 Å². The molecule has 1 atom stereocenters. The number of ether oxygens (including phenoxy) is 4. The highest BCUT2D eigenvalue weighted by atomic mass is 32.1. The van der Waals surface area contributed by atoms with Crippen molar-refractivity contribution in [3.05, 3.63) is 97.2 Å². The molecule has 0 unspecified atom stereocenters. The summed E-state index contributed by atoms with van der Waals surface area (Å²) in [5.41, 5.74) is 2.12. The number of hydrogen-bond donors (Lipinski definition) is 0. The summed E-state index contributed by atoms with van der Waals surface area (Å²) in [5.74, 6) is 1.38. The molecule has 0 bridgehead atoms. The standard InChI is InChI=1S/C27H24N2O6S/c1-4-12-33-19-9-6-17(7-10-19)13-22-25(30)29-24(18-8-11-20-21(14-18)35-15-34-20)23(26(31)32-5-2)16(3)28-27(29)36-22/h4,6-11,13-14,24H,1,5,12,15H2,2-3H3/b22-13+/t24-/m1/s1. The number of nitrogens with zero attached hydrogens (tertiary/aromatic N) is 2. The maximum absolute atomic E-state index is 13.7. The molecule has 2 aromatic carbocycles. The van der Waals surface area contributed by atoms with Gasteiger partial charge in [0, 0.05) is 0 Å². The molecule has 0 spiro atoms. The van der Waals surface area contributed by atoms with Crippen molar-refractivity contribution in [3.63, 3.8) is 0 Å². The average molecular weight is 505 g/mol. The lowest BCUT2D eigenvalue weighted by Crippen LogP contribution is -2.39. The highest BCUT2D eigenvalue weighted by molar-refractivity contribution is 7.07. The first kappa shape index (κ1) is 23.6. The van der Waals surface area contributed by atoms with E-state index in [1.807, 2.05) is 30.3 Å². The fraction of sp³-hybridized carbons (Fsp3) is 0.222. The van der Waals surface area contributed by atoms with Gasteiger partial charge in [-0.1, -0.05) is 42.2 Å². The number of carbonyl (C=O) groups is 1. The minimum atomic E-state index is -0.716. The van der Waals surface area contributed by atoms with Crippen LogP contribution in [0, 0.1) is 0 Å². The summed E-state index contributed by atoms with van der Waals surface area (Å²) in [5, 5.41) is 0. The quantitative estimate of drug-likeness (QED) is 0.363.